The van der Waals surface area contributed by atoms with Gasteiger partial charge in [-0.15, -0.1) is 0 Å². The van der Waals surface area contributed by atoms with Crippen LogP contribution in [0.15, 0.2) is 57.9 Å². The summed E-state index contributed by atoms with van der Waals surface area (Å²) >= 11 is 3.34. The van der Waals surface area contributed by atoms with E-state index in [2.05, 4.69) is 26.2 Å². The topological polar surface area (TPSA) is 66.7 Å². The number of pyridine rings is 1. The van der Waals surface area contributed by atoms with Crippen LogP contribution in [0.4, 0.5) is 5.69 Å². The number of amides is 1. The van der Waals surface area contributed by atoms with Crippen LogP contribution < -0.4 is 10.9 Å². The van der Waals surface area contributed by atoms with Crippen LogP contribution in [0.2, 0.25) is 0 Å². The van der Waals surface area contributed by atoms with Gasteiger partial charge < -0.3 is 5.32 Å². The first kappa shape index (κ1) is 18.3. The van der Waals surface area contributed by atoms with Gasteiger partial charge in [0.2, 0.25) is 5.91 Å². The second-order valence-electron chi connectivity index (χ2n) is 6.25. The van der Waals surface area contributed by atoms with E-state index >= 15 is 0 Å². The van der Waals surface area contributed by atoms with Crippen molar-refractivity contribution in [3.63, 3.8) is 0 Å². The van der Waals surface area contributed by atoms with Crippen molar-refractivity contribution in [1.82, 2.24) is 14.3 Å². The zero-order chi connectivity index (χ0) is 18.7. The lowest BCUT2D eigenvalue weighted by Gasteiger charge is -2.16. The molecule has 0 bridgehead atoms. The van der Waals surface area contributed by atoms with E-state index in [9.17, 15) is 9.59 Å². The lowest BCUT2D eigenvalue weighted by molar-refractivity contribution is -0.117. The van der Waals surface area contributed by atoms with Crippen LogP contribution >= 0.6 is 15.9 Å². The smallest absolute Gasteiger partial charge is 0.258 e. The maximum absolute atomic E-state index is 12.2. The van der Waals surface area contributed by atoms with Gasteiger partial charge in [0.15, 0.2) is 0 Å². The fourth-order valence-electron chi connectivity index (χ4n) is 2.62. The molecule has 0 atom stereocenters. The summed E-state index contributed by atoms with van der Waals surface area (Å²) in [6.45, 7) is 2.61. The monoisotopic (exact) mass is 414 g/mol. The standard InChI is InChI=1S/C19H19BrN4O2/c1-13-3-6-15(7-4-13)22-18(25)12-23(2)11-16-9-19(26)24-10-14(20)5-8-17(24)21-16/h3-10H,11-12H2,1-2H3,(H,22,25). The van der Waals surface area contributed by atoms with Crippen molar-refractivity contribution >= 4 is 33.2 Å². The third kappa shape index (κ3) is 4.56. The van der Waals surface area contributed by atoms with Crippen molar-refractivity contribution in [2.24, 2.45) is 0 Å². The number of hydrogen-bond acceptors (Lipinski definition) is 4. The highest BCUT2D eigenvalue weighted by molar-refractivity contribution is 9.10. The number of nitrogens with one attached hydrogen (secondary N) is 1. The molecular formula is C19H19BrN4O2. The SMILES string of the molecule is Cc1ccc(NC(=O)CN(C)Cc2cc(=O)n3cc(Br)ccc3n2)cc1. The number of likely N-dealkylation sites (N-methyl/N-ethyl adjacent to an activating group) is 1. The summed E-state index contributed by atoms with van der Waals surface area (Å²) in [4.78, 5) is 30.7. The normalized spacial score (nSPS) is 11.1. The Hall–Kier alpha value is -2.51. The lowest BCUT2D eigenvalue weighted by Crippen LogP contribution is -2.30. The number of fused-ring (bicyclic) bond motifs is 1. The van der Waals surface area contributed by atoms with Crippen molar-refractivity contribution in [3.05, 3.63) is 74.7 Å². The molecule has 26 heavy (non-hydrogen) atoms. The molecule has 0 aliphatic carbocycles. The van der Waals surface area contributed by atoms with Crippen LogP contribution in [0.3, 0.4) is 0 Å². The Morgan fingerprint density at radius 2 is 1.96 bits per heavy atom. The maximum Gasteiger partial charge on any atom is 0.258 e. The van der Waals surface area contributed by atoms with Crippen LogP contribution in [0.1, 0.15) is 11.3 Å². The number of anilines is 1. The molecule has 134 valence electrons. The van der Waals surface area contributed by atoms with Crippen LogP contribution in [-0.2, 0) is 11.3 Å². The zero-order valence-electron chi connectivity index (χ0n) is 14.6. The van der Waals surface area contributed by atoms with E-state index in [0.29, 0.717) is 17.9 Å². The predicted octanol–water partition coefficient (Wildman–Crippen LogP) is 2.84. The molecule has 0 radical (unpaired) electrons. The molecule has 0 fully saturated rings. The first-order valence-electron chi connectivity index (χ1n) is 8.13. The molecule has 0 saturated heterocycles. The van der Waals surface area contributed by atoms with Gasteiger partial charge in [-0.1, -0.05) is 17.7 Å². The van der Waals surface area contributed by atoms with E-state index in [4.69, 9.17) is 0 Å². The number of aryl methyl sites for hydroxylation is 1. The highest BCUT2D eigenvalue weighted by Gasteiger charge is 2.10. The first-order chi connectivity index (χ1) is 12.4. The summed E-state index contributed by atoms with van der Waals surface area (Å²) in [6.07, 6.45) is 1.69. The van der Waals surface area contributed by atoms with Gasteiger partial charge in [-0.25, -0.2) is 4.98 Å². The molecule has 0 aliphatic rings. The maximum atomic E-state index is 12.2. The third-order valence-corrected chi connectivity index (χ3v) is 4.33. The van der Waals surface area contributed by atoms with Crippen molar-refractivity contribution in [1.29, 1.82) is 0 Å². The van der Waals surface area contributed by atoms with Crippen molar-refractivity contribution in [2.45, 2.75) is 13.5 Å². The average Bonchev–Trinajstić information content (AvgIpc) is 2.57. The summed E-state index contributed by atoms with van der Waals surface area (Å²) in [6, 6.07) is 12.7. The number of benzene rings is 1. The van der Waals surface area contributed by atoms with Gasteiger partial charge >= 0.3 is 0 Å². The minimum Gasteiger partial charge on any atom is -0.325 e. The van der Waals surface area contributed by atoms with Crippen LogP contribution in [0.25, 0.3) is 5.65 Å². The fraction of sp³-hybridized carbons (Fsp3) is 0.211. The predicted molar refractivity (Wildman–Crippen MR) is 105 cm³/mol. The molecule has 1 amide bonds. The largest absolute Gasteiger partial charge is 0.325 e. The number of carbonyl (C=O) groups excluding carboxylic acids is 1. The second-order valence-corrected chi connectivity index (χ2v) is 7.16. The molecule has 0 spiro atoms. The van der Waals surface area contributed by atoms with Gasteiger partial charge in [-0.3, -0.25) is 18.9 Å². The minimum absolute atomic E-state index is 0.113. The Labute approximate surface area is 159 Å². The Balaban J connectivity index is 1.65. The molecule has 2 aromatic heterocycles. The second kappa shape index (κ2) is 7.80. The van der Waals surface area contributed by atoms with Crippen molar-refractivity contribution < 1.29 is 4.79 Å². The molecule has 1 N–H and O–H groups in total. The molecule has 3 aromatic rings. The summed E-state index contributed by atoms with van der Waals surface area (Å²) in [5.41, 5.74) is 2.96. The van der Waals surface area contributed by atoms with Crippen LogP contribution in [0, 0.1) is 6.92 Å². The quantitative estimate of drug-likeness (QED) is 0.696. The molecule has 0 unspecified atom stereocenters. The van der Waals surface area contributed by atoms with Crippen LogP contribution in [0.5, 0.6) is 0 Å². The van der Waals surface area contributed by atoms with Gasteiger partial charge in [0.25, 0.3) is 5.56 Å². The summed E-state index contributed by atoms with van der Waals surface area (Å²) in [7, 11) is 1.82. The number of rotatable bonds is 5. The Bertz CT molecular complexity index is 999. The minimum atomic E-state index is -0.149. The lowest BCUT2D eigenvalue weighted by atomic mass is 10.2. The van der Waals surface area contributed by atoms with Gasteiger partial charge in [-0.05, 0) is 54.2 Å². The molecule has 0 aliphatic heterocycles. The number of halogens is 1. The third-order valence-electron chi connectivity index (χ3n) is 3.86. The van der Waals surface area contributed by atoms with E-state index in [1.54, 1.807) is 12.3 Å². The first-order valence-corrected chi connectivity index (χ1v) is 8.93. The molecular weight excluding hydrogens is 396 g/mol. The fourth-order valence-corrected chi connectivity index (χ4v) is 2.96. The van der Waals surface area contributed by atoms with Crippen LogP contribution in [-0.4, -0.2) is 33.8 Å². The number of carbonyl (C=O) groups is 1. The average molecular weight is 415 g/mol. The molecule has 1 aromatic carbocycles. The number of aromatic nitrogens is 2. The summed E-state index contributed by atoms with van der Waals surface area (Å²) in [5, 5.41) is 2.86. The Kier molecular flexibility index (Phi) is 5.49. The number of nitrogens with zero attached hydrogens (tertiary/aromatic N) is 3. The van der Waals surface area contributed by atoms with Gasteiger partial charge in [-0.2, -0.15) is 0 Å². The van der Waals surface area contributed by atoms with E-state index in [-0.39, 0.29) is 18.0 Å². The summed E-state index contributed by atoms with van der Waals surface area (Å²) in [5.74, 6) is -0.113. The molecule has 2 heterocycles. The van der Waals surface area contributed by atoms with E-state index < -0.39 is 0 Å². The van der Waals surface area contributed by atoms with E-state index in [0.717, 1.165) is 15.7 Å². The Morgan fingerprint density at radius 1 is 1.23 bits per heavy atom. The van der Waals surface area contributed by atoms with Crippen molar-refractivity contribution in [3.8, 4) is 0 Å². The zero-order valence-corrected chi connectivity index (χ0v) is 16.2. The van der Waals surface area contributed by atoms with E-state index in [1.807, 2.05) is 49.2 Å². The highest BCUT2D eigenvalue weighted by atomic mass is 79.9. The molecule has 6 nitrogen and oxygen atoms in total. The van der Waals surface area contributed by atoms with Crippen molar-refractivity contribution in [2.75, 3.05) is 18.9 Å². The van der Waals surface area contributed by atoms with Gasteiger partial charge in [0.05, 0.1) is 12.2 Å². The molecule has 0 saturated carbocycles. The van der Waals surface area contributed by atoms with Gasteiger partial charge in [0.1, 0.15) is 5.65 Å². The van der Waals surface area contributed by atoms with E-state index in [1.165, 1.54) is 10.5 Å². The number of hydrogen-bond donors (Lipinski definition) is 1. The summed E-state index contributed by atoms with van der Waals surface area (Å²) < 4.78 is 2.30. The molecule has 7 heteroatoms. The van der Waals surface area contributed by atoms with Gasteiger partial charge in [0, 0.05) is 29.0 Å². The Morgan fingerprint density at radius 3 is 2.69 bits per heavy atom. The highest BCUT2D eigenvalue weighted by Crippen LogP contribution is 2.11. The molecule has 3 rings (SSSR count).